The van der Waals surface area contributed by atoms with Gasteiger partial charge >= 0.3 is 0 Å². The van der Waals surface area contributed by atoms with Crippen molar-refractivity contribution < 1.29 is 32.4 Å². The van der Waals surface area contributed by atoms with Crippen LogP contribution in [0, 0.1) is 21.4 Å². The predicted octanol–water partition coefficient (Wildman–Crippen LogP) is 7.46. The van der Waals surface area contributed by atoms with Gasteiger partial charge in [-0.1, -0.05) is 43.2 Å². The minimum absolute atomic E-state index is 0.0112. The molecule has 324 valence electrons. The lowest BCUT2D eigenvalue weighted by molar-refractivity contribution is -0.386. The highest BCUT2D eigenvalue weighted by atomic mass is 35.5. The van der Waals surface area contributed by atoms with Crippen molar-refractivity contribution in [3.05, 3.63) is 117 Å². The van der Waals surface area contributed by atoms with E-state index >= 15 is 0 Å². The fraction of sp³-hybridized carbons (Fsp3) is 0.356. The number of H-pyrrole nitrogens is 1. The number of halogens is 1. The first-order valence-corrected chi connectivity index (χ1v) is 22.3. The molecule has 1 atom stereocenters. The zero-order chi connectivity index (χ0) is 43.9. The van der Waals surface area contributed by atoms with Crippen LogP contribution in [0.25, 0.3) is 16.6 Å². The zero-order valence-corrected chi connectivity index (χ0v) is 36.5. The van der Waals surface area contributed by atoms with Gasteiger partial charge in [0.1, 0.15) is 29.5 Å². The molecule has 0 spiro atoms. The van der Waals surface area contributed by atoms with Crippen LogP contribution in [-0.2, 0) is 21.2 Å². The molecule has 0 radical (unpaired) electrons. The summed E-state index contributed by atoms with van der Waals surface area (Å²) in [6, 6.07) is 18.7. The van der Waals surface area contributed by atoms with Crippen LogP contribution >= 0.6 is 11.6 Å². The molecule has 4 heterocycles. The maximum atomic E-state index is 14.0. The average Bonchev–Trinajstić information content (AvgIpc) is 3.72. The number of fused-ring (bicyclic) bond motifs is 2. The summed E-state index contributed by atoms with van der Waals surface area (Å²) in [6.07, 6.45) is 6.40. The smallest absolute Gasteiger partial charge is 0.277 e. The Kier molecular flexibility index (Phi) is 11.8. The highest BCUT2D eigenvalue weighted by molar-refractivity contribution is 7.90. The number of piperazine rings is 1. The summed E-state index contributed by atoms with van der Waals surface area (Å²) in [5.41, 5.74) is 5.19. The van der Waals surface area contributed by atoms with E-state index in [0.29, 0.717) is 24.5 Å². The number of hydrogen-bond donors (Lipinski definition) is 2. The number of nitro groups is 1. The number of sulfonamides is 1. The highest BCUT2D eigenvalue weighted by Gasteiger charge is 2.35. The molecule has 1 fully saturated rings. The molecule has 2 N–H and O–H groups in total. The lowest BCUT2D eigenvalue weighted by atomic mass is 9.72. The number of hydrogen-bond acceptors (Lipinski definition) is 11. The first kappa shape index (κ1) is 42.7. The second kappa shape index (κ2) is 17.1. The number of amides is 2. The van der Waals surface area contributed by atoms with Crippen molar-refractivity contribution in [1.82, 2.24) is 24.5 Å². The third-order valence-corrected chi connectivity index (χ3v) is 13.5. The van der Waals surface area contributed by atoms with Crippen LogP contribution in [0.15, 0.2) is 89.6 Å². The van der Waals surface area contributed by atoms with E-state index in [0.717, 1.165) is 67.1 Å². The van der Waals surface area contributed by atoms with Crippen LogP contribution in [0.1, 0.15) is 54.6 Å². The Morgan fingerprint density at radius 1 is 1.06 bits per heavy atom. The van der Waals surface area contributed by atoms with Crippen molar-refractivity contribution >= 4 is 61.4 Å². The van der Waals surface area contributed by atoms with Gasteiger partial charge in [-0.15, -0.1) is 0 Å². The number of ether oxygens (including phenoxy) is 2. The molecule has 5 aromatic rings. The molecule has 0 saturated carbocycles. The Labute approximate surface area is 364 Å². The van der Waals surface area contributed by atoms with Crippen LogP contribution in [0.3, 0.4) is 0 Å². The minimum atomic E-state index is -4.69. The largest absolute Gasteiger partial charge is 0.492 e. The summed E-state index contributed by atoms with van der Waals surface area (Å²) in [5.74, 6) is -1.59. The van der Waals surface area contributed by atoms with Crippen LogP contribution in [0.4, 0.5) is 11.4 Å². The number of benzene rings is 3. The van der Waals surface area contributed by atoms with Crippen LogP contribution in [-0.4, -0.2) is 98.3 Å². The summed E-state index contributed by atoms with van der Waals surface area (Å²) in [5, 5.41) is 13.7. The summed E-state index contributed by atoms with van der Waals surface area (Å²) >= 11 is 6.24. The Hall–Kier alpha value is -5.97. The molecule has 3 aromatic carbocycles. The van der Waals surface area contributed by atoms with E-state index in [1.807, 2.05) is 18.2 Å². The van der Waals surface area contributed by atoms with Crippen molar-refractivity contribution in [3.8, 4) is 17.2 Å². The average molecular weight is 882 g/mol. The Balaban J connectivity index is 1.03. The maximum Gasteiger partial charge on any atom is 0.277 e. The van der Waals surface area contributed by atoms with Crippen molar-refractivity contribution in [2.75, 3.05) is 58.3 Å². The van der Waals surface area contributed by atoms with Crippen LogP contribution in [0.5, 0.6) is 17.2 Å². The Morgan fingerprint density at radius 2 is 1.82 bits per heavy atom. The van der Waals surface area contributed by atoms with E-state index in [-0.39, 0.29) is 47.0 Å². The van der Waals surface area contributed by atoms with Gasteiger partial charge in [-0.2, -0.15) is 0 Å². The van der Waals surface area contributed by atoms with Crippen molar-refractivity contribution in [2.24, 2.45) is 11.3 Å². The highest BCUT2D eigenvalue weighted by Crippen LogP contribution is 2.44. The van der Waals surface area contributed by atoms with Gasteiger partial charge in [0, 0.05) is 87.3 Å². The van der Waals surface area contributed by atoms with Crippen LogP contribution in [0.2, 0.25) is 5.02 Å². The second-order valence-corrected chi connectivity index (χ2v) is 19.2. The van der Waals surface area contributed by atoms with E-state index in [4.69, 9.17) is 21.1 Å². The third-order valence-electron chi connectivity index (χ3n) is 11.9. The van der Waals surface area contributed by atoms with Crippen molar-refractivity contribution in [2.45, 2.75) is 44.4 Å². The predicted molar refractivity (Wildman–Crippen MR) is 236 cm³/mol. The molecule has 2 amide bonds. The number of aromatic amines is 1. The summed E-state index contributed by atoms with van der Waals surface area (Å²) in [7, 11) is -1.54. The number of pyridine rings is 1. The number of aromatic nitrogens is 2. The molecule has 1 saturated heterocycles. The normalized spacial score (nSPS) is 17.9. The standard InChI is InChI=1S/C45H48ClN7O8S/c1-45(2)13-11-30(38(24-45)28-5-7-32(46)8-6-28)26-51-15-17-52(18-16-51)33-9-10-36(41(21-33)61-34-19-29-12-14-47-42(29)48-25-34)43(54)49-62(58,59)35-22-39(53(56)57)37-20-31(44(55)50(3)4)27-60-40(37)23-35/h5-10,12,14,19,21-23,25,31H,11,13,15-18,20,24,26-27H2,1-4H3,(H,47,48)(H,49,54)/t31-/m1/s1. The van der Waals surface area contributed by atoms with E-state index < -0.39 is 37.4 Å². The lowest BCUT2D eigenvalue weighted by Crippen LogP contribution is -2.47. The summed E-state index contributed by atoms with van der Waals surface area (Å²) in [6.45, 7) is 8.43. The fourth-order valence-corrected chi connectivity index (χ4v) is 9.62. The van der Waals surface area contributed by atoms with E-state index in [2.05, 4.69) is 50.5 Å². The number of nitrogens with zero attached hydrogens (tertiary/aromatic N) is 5. The number of nitrogens with one attached hydrogen (secondary N) is 2. The van der Waals surface area contributed by atoms with Gasteiger partial charge in [-0.3, -0.25) is 24.6 Å². The molecular weight excluding hydrogens is 834 g/mol. The number of rotatable bonds is 11. The van der Waals surface area contributed by atoms with Crippen molar-refractivity contribution in [1.29, 1.82) is 0 Å². The second-order valence-electron chi connectivity index (χ2n) is 17.1. The summed E-state index contributed by atoms with van der Waals surface area (Å²) < 4.78 is 41.7. The molecule has 8 rings (SSSR count). The van der Waals surface area contributed by atoms with Gasteiger partial charge < -0.3 is 24.3 Å². The summed E-state index contributed by atoms with van der Waals surface area (Å²) in [4.78, 5) is 51.0. The SMILES string of the molecule is CN(C)C(=O)[C@H]1COc2cc(S(=O)(=O)NC(=O)c3ccc(N4CCN(CC5=C(c6ccc(Cl)cc6)CC(C)(C)CC5)CC4)cc3Oc3cnc4[nH]ccc4c3)cc([N+](=O)[O-])c2C1. The van der Waals surface area contributed by atoms with Gasteiger partial charge in [-0.25, -0.2) is 18.1 Å². The first-order chi connectivity index (χ1) is 29.5. The van der Waals surface area contributed by atoms with E-state index in [1.54, 1.807) is 38.5 Å². The first-order valence-electron chi connectivity index (χ1n) is 20.5. The van der Waals surface area contributed by atoms with E-state index in [1.165, 1.54) is 33.9 Å². The maximum absolute atomic E-state index is 14.0. The molecule has 2 aromatic heterocycles. The van der Waals surface area contributed by atoms with Gasteiger partial charge in [0.15, 0.2) is 0 Å². The van der Waals surface area contributed by atoms with Gasteiger partial charge in [-0.05, 0) is 78.6 Å². The number of carbonyl (C=O) groups is 2. The third kappa shape index (κ3) is 9.13. The molecule has 2 aliphatic heterocycles. The van der Waals surface area contributed by atoms with Gasteiger partial charge in [0.2, 0.25) is 5.91 Å². The number of nitro benzene ring substituents is 1. The topological polar surface area (TPSA) is 180 Å². The fourth-order valence-electron chi connectivity index (χ4n) is 8.49. The Bertz CT molecular complexity index is 2710. The number of carbonyl (C=O) groups excluding carboxylic acids is 2. The molecule has 0 unspecified atom stereocenters. The van der Waals surface area contributed by atoms with Crippen LogP contribution < -0.4 is 19.1 Å². The molecule has 3 aliphatic rings. The van der Waals surface area contributed by atoms with Gasteiger partial charge in [0.05, 0.1) is 33.1 Å². The van der Waals surface area contributed by atoms with E-state index in [9.17, 15) is 28.1 Å². The Morgan fingerprint density at radius 3 is 2.55 bits per heavy atom. The number of allylic oxidation sites excluding steroid dienone is 1. The molecule has 1 aliphatic carbocycles. The van der Waals surface area contributed by atoms with Gasteiger partial charge in [0.25, 0.3) is 21.6 Å². The van der Waals surface area contributed by atoms with Crippen molar-refractivity contribution in [3.63, 3.8) is 0 Å². The molecule has 15 nitrogen and oxygen atoms in total. The molecule has 0 bridgehead atoms. The lowest BCUT2D eigenvalue weighted by Gasteiger charge is -2.39. The molecular formula is C45H48ClN7O8S. The monoisotopic (exact) mass is 881 g/mol. The molecule has 17 heteroatoms. The quantitative estimate of drug-likeness (QED) is 0.0993. The number of anilines is 1. The zero-order valence-electron chi connectivity index (χ0n) is 34.9. The molecule has 62 heavy (non-hydrogen) atoms. The minimum Gasteiger partial charge on any atom is -0.492 e.